The molecule has 4 rings (SSSR count). The summed E-state index contributed by atoms with van der Waals surface area (Å²) in [5, 5.41) is 12.2. The molecular weight excluding hydrogens is 324 g/mol. The minimum atomic E-state index is 0.287. The first kappa shape index (κ1) is 15.9. The Labute approximate surface area is 145 Å². The van der Waals surface area contributed by atoms with Gasteiger partial charge in [-0.25, -0.2) is 4.98 Å². The van der Waals surface area contributed by atoms with Gasteiger partial charge in [-0.2, -0.15) is 0 Å². The van der Waals surface area contributed by atoms with Crippen LogP contribution in [0.4, 0.5) is 0 Å². The Balaban J connectivity index is 1.45. The van der Waals surface area contributed by atoms with Gasteiger partial charge in [0.05, 0.1) is 5.69 Å². The van der Waals surface area contributed by atoms with Gasteiger partial charge < -0.3 is 14.6 Å². The quantitative estimate of drug-likeness (QED) is 0.870. The average Bonchev–Trinajstić information content (AvgIpc) is 3.33. The number of likely N-dealkylation sites (tertiary alicyclic amines) is 1. The number of rotatable bonds is 6. The molecule has 0 spiro atoms. The summed E-state index contributed by atoms with van der Waals surface area (Å²) < 4.78 is 10.8. The van der Waals surface area contributed by atoms with Gasteiger partial charge in [-0.3, -0.25) is 4.90 Å². The van der Waals surface area contributed by atoms with E-state index in [1.165, 1.54) is 12.8 Å². The smallest absolute Gasteiger partial charge is 0.231 e. The van der Waals surface area contributed by atoms with E-state index in [1.54, 1.807) is 11.3 Å². The van der Waals surface area contributed by atoms with E-state index in [2.05, 4.69) is 10.3 Å². The van der Waals surface area contributed by atoms with Gasteiger partial charge in [0.25, 0.3) is 0 Å². The van der Waals surface area contributed by atoms with Crippen LogP contribution in [0.5, 0.6) is 11.5 Å². The van der Waals surface area contributed by atoms with Gasteiger partial charge in [0.15, 0.2) is 11.5 Å². The van der Waals surface area contributed by atoms with Crippen molar-refractivity contribution in [3.8, 4) is 22.1 Å². The van der Waals surface area contributed by atoms with Crippen molar-refractivity contribution in [2.24, 2.45) is 0 Å². The Morgan fingerprint density at radius 3 is 3.12 bits per heavy atom. The number of thiazole rings is 1. The molecule has 0 bridgehead atoms. The molecule has 1 N–H and O–H groups in total. The SMILES string of the molecule is OCCCC1CCCN1Cc1csc(-c2ccc3c(c2)OCO3)n1. The van der Waals surface area contributed by atoms with Crippen LogP contribution in [0.15, 0.2) is 23.6 Å². The normalized spacial score (nSPS) is 20.0. The maximum absolute atomic E-state index is 9.05. The summed E-state index contributed by atoms with van der Waals surface area (Å²) >= 11 is 1.68. The van der Waals surface area contributed by atoms with Gasteiger partial charge in [-0.1, -0.05) is 0 Å². The third-order valence-corrected chi connectivity index (χ3v) is 5.67. The maximum Gasteiger partial charge on any atom is 0.231 e. The summed E-state index contributed by atoms with van der Waals surface area (Å²) in [5.74, 6) is 1.60. The molecule has 1 saturated heterocycles. The molecule has 1 atom stereocenters. The lowest BCUT2D eigenvalue weighted by Gasteiger charge is -2.23. The molecule has 1 aromatic carbocycles. The van der Waals surface area contributed by atoms with Crippen LogP contribution >= 0.6 is 11.3 Å². The number of nitrogens with zero attached hydrogens (tertiary/aromatic N) is 2. The molecule has 1 fully saturated rings. The van der Waals surface area contributed by atoms with Crippen LogP contribution in [0.2, 0.25) is 0 Å². The lowest BCUT2D eigenvalue weighted by atomic mass is 10.1. The second kappa shape index (κ2) is 7.09. The van der Waals surface area contributed by atoms with Crippen molar-refractivity contribution in [2.45, 2.75) is 38.3 Å². The van der Waals surface area contributed by atoms with Gasteiger partial charge in [-0.05, 0) is 50.4 Å². The van der Waals surface area contributed by atoms with Crippen LogP contribution in [0.3, 0.4) is 0 Å². The maximum atomic E-state index is 9.05. The van der Waals surface area contributed by atoms with E-state index >= 15 is 0 Å². The van der Waals surface area contributed by atoms with E-state index in [0.29, 0.717) is 12.8 Å². The zero-order valence-electron chi connectivity index (χ0n) is 13.6. The summed E-state index contributed by atoms with van der Waals surface area (Å²) in [4.78, 5) is 7.32. The number of aliphatic hydroxyl groups is 1. The number of aliphatic hydroxyl groups excluding tert-OH is 1. The van der Waals surface area contributed by atoms with Crippen molar-refractivity contribution in [1.29, 1.82) is 0 Å². The second-order valence-corrected chi connectivity index (χ2v) is 7.20. The molecule has 0 radical (unpaired) electrons. The Morgan fingerprint density at radius 1 is 1.29 bits per heavy atom. The highest BCUT2D eigenvalue weighted by atomic mass is 32.1. The van der Waals surface area contributed by atoms with Crippen molar-refractivity contribution in [1.82, 2.24) is 9.88 Å². The minimum Gasteiger partial charge on any atom is -0.454 e. The molecule has 5 nitrogen and oxygen atoms in total. The molecule has 6 heteroatoms. The molecule has 3 heterocycles. The first-order valence-electron chi connectivity index (χ1n) is 8.53. The van der Waals surface area contributed by atoms with Crippen LogP contribution < -0.4 is 9.47 Å². The number of fused-ring (bicyclic) bond motifs is 1. The summed E-state index contributed by atoms with van der Waals surface area (Å²) in [7, 11) is 0. The van der Waals surface area contributed by atoms with Gasteiger partial charge in [-0.15, -0.1) is 11.3 Å². The molecule has 2 aliphatic heterocycles. The number of benzene rings is 1. The second-order valence-electron chi connectivity index (χ2n) is 6.34. The molecule has 1 unspecified atom stereocenters. The van der Waals surface area contributed by atoms with Crippen molar-refractivity contribution in [3.63, 3.8) is 0 Å². The van der Waals surface area contributed by atoms with Gasteiger partial charge in [0.1, 0.15) is 5.01 Å². The highest BCUT2D eigenvalue weighted by molar-refractivity contribution is 7.13. The van der Waals surface area contributed by atoms with Crippen LogP contribution in [0, 0.1) is 0 Å². The first-order chi connectivity index (χ1) is 11.8. The first-order valence-corrected chi connectivity index (χ1v) is 9.41. The summed E-state index contributed by atoms with van der Waals surface area (Å²) in [6.07, 6.45) is 4.45. The average molecular weight is 346 g/mol. The van der Waals surface area contributed by atoms with Crippen molar-refractivity contribution in [3.05, 3.63) is 29.3 Å². The molecule has 0 amide bonds. The fourth-order valence-corrected chi connectivity index (χ4v) is 4.31. The highest BCUT2D eigenvalue weighted by Crippen LogP contribution is 2.37. The third kappa shape index (κ3) is 3.27. The van der Waals surface area contributed by atoms with Crippen molar-refractivity contribution >= 4 is 11.3 Å². The molecule has 2 aromatic rings. The summed E-state index contributed by atoms with van der Waals surface area (Å²) in [6.45, 7) is 2.62. The fourth-order valence-electron chi connectivity index (χ4n) is 3.51. The van der Waals surface area contributed by atoms with E-state index in [0.717, 1.165) is 53.7 Å². The van der Waals surface area contributed by atoms with Crippen LogP contribution in [0.25, 0.3) is 10.6 Å². The fraction of sp³-hybridized carbons (Fsp3) is 0.500. The predicted molar refractivity (Wildman–Crippen MR) is 93.4 cm³/mol. The van der Waals surface area contributed by atoms with Crippen LogP contribution in [-0.4, -0.2) is 41.0 Å². The Morgan fingerprint density at radius 2 is 2.21 bits per heavy atom. The van der Waals surface area contributed by atoms with E-state index in [1.807, 2.05) is 18.2 Å². The van der Waals surface area contributed by atoms with E-state index < -0.39 is 0 Å². The van der Waals surface area contributed by atoms with Gasteiger partial charge >= 0.3 is 0 Å². The van der Waals surface area contributed by atoms with Gasteiger partial charge in [0, 0.05) is 30.1 Å². The highest BCUT2D eigenvalue weighted by Gasteiger charge is 2.24. The Kier molecular flexibility index (Phi) is 4.69. The Bertz CT molecular complexity index is 703. The summed E-state index contributed by atoms with van der Waals surface area (Å²) in [5.41, 5.74) is 2.21. The molecule has 0 aliphatic carbocycles. The summed E-state index contributed by atoms with van der Waals surface area (Å²) in [6, 6.07) is 6.58. The standard InChI is InChI=1S/C18H22N2O3S/c21-8-2-4-15-3-1-7-20(15)10-14-11-24-18(19-14)13-5-6-16-17(9-13)23-12-22-16/h5-6,9,11,15,21H,1-4,7-8,10,12H2. The Hall–Kier alpha value is -1.63. The van der Waals surface area contributed by atoms with E-state index in [-0.39, 0.29) is 6.61 Å². The molecule has 24 heavy (non-hydrogen) atoms. The molecule has 2 aliphatic rings. The molecular formula is C18H22N2O3S. The molecule has 0 saturated carbocycles. The molecule has 128 valence electrons. The largest absolute Gasteiger partial charge is 0.454 e. The molecule has 1 aromatic heterocycles. The third-order valence-electron chi connectivity index (χ3n) is 4.73. The lowest BCUT2D eigenvalue weighted by Crippen LogP contribution is -2.29. The van der Waals surface area contributed by atoms with Crippen LogP contribution in [0.1, 0.15) is 31.4 Å². The van der Waals surface area contributed by atoms with E-state index in [9.17, 15) is 0 Å². The van der Waals surface area contributed by atoms with Crippen LogP contribution in [-0.2, 0) is 6.54 Å². The minimum absolute atomic E-state index is 0.287. The van der Waals surface area contributed by atoms with E-state index in [4.69, 9.17) is 19.6 Å². The topological polar surface area (TPSA) is 54.8 Å². The predicted octanol–water partition coefficient (Wildman–Crippen LogP) is 3.28. The number of hydrogen-bond acceptors (Lipinski definition) is 6. The van der Waals surface area contributed by atoms with Crippen molar-refractivity contribution in [2.75, 3.05) is 19.9 Å². The monoisotopic (exact) mass is 346 g/mol. The number of aromatic nitrogens is 1. The lowest BCUT2D eigenvalue weighted by molar-refractivity contribution is 0.174. The zero-order chi connectivity index (χ0) is 16.4. The van der Waals surface area contributed by atoms with Crippen molar-refractivity contribution < 1.29 is 14.6 Å². The number of hydrogen-bond donors (Lipinski definition) is 1. The van der Waals surface area contributed by atoms with Gasteiger partial charge in [0.2, 0.25) is 6.79 Å². The number of ether oxygens (including phenoxy) is 2. The zero-order valence-corrected chi connectivity index (χ0v) is 14.4.